The standard InChI is InChI=1S/C26H24F3N3O2/c1-33-31-25(19-6-7-22(27)23(28)12-19)18-4-2-17(3-5-18)15-32-10-8-26(9-11-32)21-14-30-24(29)13-20(21)16-34-26/h2-7,12-14H,8-11,15-16H2,1H3/b31-25+. The first kappa shape index (κ1) is 22.6. The molecule has 0 atom stereocenters. The van der Waals surface area contributed by atoms with Gasteiger partial charge < -0.3 is 9.57 Å². The van der Waals surface area contributed by atoms with Gasteiger partial charge in [0.15, 0.2) is 11.6 Å². The lowest BCUT2D eigenvalue weighted by Gasteiger charge is -2.39. The van der Waals surface area contributed by atoms with Crippen LogP contribution >= 0.6 is 0 Å². The third-order valence-corrected chi connectivity index (χ3v) is 6.62. The van der Waals surface area contributed by atoms with Crippen LogP contribution in [0.4, 0.5) is 13.2 Å². The number of pyridine rings is 1. The predicted octanol–water partition coefficient (Wildman–Crippen LogP) is 4.92. The summed E-state index contributed by atoms with van der Waals surface area (Å²) in [4.78, 5) is 11.1. The number of likely N-dealkylation sites (tertiary alicyclic amines) is 1. The number of ether oxygens (including phenoxy) is 1. The van der Waals surface area contributed by atoms with Crippen molar-refractivity contribution in [1.29, 1.82) is 0 Å². The summed E-state index contributed by atoms with van der Waals surface area (Å²) >= 11 is 0. The second-order valence-corrected chi connectivity index (χ2v) is 8.67. The molecule has 1 saturated heterocycles. The number of benzene rings is 2. The van der Waals surface area contributed by atoms with Crippen molar-refractivity contribution in [1.82, 2.24) is 9.88 Å². The highest BCUT2D eigenvalue weighted by molar-refractivity contribution is 6.12. The molecule has 0 bridgehead atoms. The van der Waals surface area contributed by atoms with Crippen LogP contribution in [0.2, 0.25) is 0 Å². The Morgan fingerprint density at radius 2 is 1.76 bits per heavy atom. The molecule has 1 fully saturated rings. The lowest BCUT2D eigenvalue weighted by atomic mass is 9.84. The minimum Gasteiger partial charge on any atom is -0.399 e. The fraction of sp³-hybridized carbons (Fsp3) is 0.308. The normalized spacial score (nSPS) is 17.7. The zero-order valence-electron chi connectivity index (χ0n) is 18.7. The summed E-state index contributed by atoms with van der Waals surface area (Å²) in [5, 5.41) is 4.02. The largest absolute Gasteiger partial charge is 0.399 e. The molecule has 1 aromatic heterocycles. The first-order valence-electron chi connectivity index (χ1n) is 11.1. The molecule has 2 aromatic carbocycles. The molecule has 176 valence electrons. The summed E-state index contributed by atoms with van der Waals surface area (Å²) in [5.74, 6) is -2.31. The average Bonchev–Trinajstić information content (AvgIpc) is 3.18. The predicted molar refractivity (Wildman–Crippen MR) is 121 cm³/mol. The minimum absolute atomic E-state index is 0.369. The molecule has 34 heavy (non-hydrogen) atoms. The van der Waals surface area contributed by atoms with Gasteiger partial charge in [-0.2, -0.15) is 4.39 Å². The maximum Gasteiger partial charge on any atom is 0.213 e. The van der Waals surface area contributed by atoms with Crippen LogP contribution in [0.25, 0.3) is 0 Å². The summed E-state index contributed by atoms with van der Waals surface area (Å²) in [5.41, 5.74) is 4.26. The van der Waals surface area contributed by atoms with Gasteiger partial charge in [-0.3, -0.25) is 4.90 Å². The lowest BCUT2D eigenvalue weighted by Crippen LogP contribution is -2.42. The van der Waals surface area contributed by atoms with E-state index in [0.29, 0.717) is 17.9 Å². The molecule has 8 heteroatoms. The van der Waals surface area contributed by atoms with Crippen molar-refractivity contribution >= 4 is 5.71 Å². The quantitative estimate of drug-likeness (QED) is 0.304. The van der Waals surface area contributed by atoms with Crippen molar-refractivity contribution in [3.63, 3.8) is 0 Å². The van der Waals surface area contributed by atoms with E-state index in [1.807, 2.05) is 24.3 Å². The van der Waals surface area contributed by atoms with Crippen LogP contribution in [0.5, 0.6) is 0 Å². The van der Waals surface area contributed by atoms with Crippen molar-refractivity contribution in [3.05, 3.63) is 100 Å². The molecule has 3 heterocycles. The third kappa shape index (κ3) is 4.31. The number of nitrogens with zero attached hydrogens (tertiary/aromatic N) is 3. The summed E-state index contributed by atoms with van der Waals surface area (Å²) in [6.07, 6.45) is 3.27. The molecule has 3 aromatic rings. The zero-order valence-corrected chi connectivity index (χ0v) is 18.7. The number of piperidine rings is 1. The Balaban J connectivity index is 1.26. The van der Waals surface area contributed by atoms with Crippen molar-refractivity contribution in [2.45, 2.75) is 31.6 Å². The maximum atomic E-state index is 13.7. The molecule has 5 rings (SSSR count). The summed E-state index contributed by atoms with van der Waals surface area (Å²) in [7, 11) is 1.41. The number of halogens is 3. The second kappa shape index (κ2) is 9.19. The van der Waals surface area contributed by atoms with E-state index in [9.17, 15) is 13.2 Å². The molecule has 0 saturated carbocycles. The zero-order chi connectivity index (χ0) is 23.7. The van der Waals surface area contributed by atoms with Gasteiger partial charge in [0.2, 0.25) is 5.95 Å². The molecule has 0 radical (unpaired) electrons. The van der Waals surface area contributed by atoms with E-state index < -0.39 is 17.6 Å². The highest BCUT2D eigenvalue weighted by Gasteiger charge is 2.43. The van der Waals surface area contributed by atoms with E-state index in [-0.39, 0.29) is 5.60 Å². The van der Waals surface area contributed by atoms with E-state index in [1.165, 1.54) is 19.2 Å². The van der Waals surface area contributed by atoms with Crippen molar-refractivity contribution in [2.24, 2.45) is 5.16 Å². The van der Waals surface area contributed by atoms with Crippen LogP contribution in [0.15, 0.2) is 59.9 Å². The molecule has 1 spiro atoms. The summed E-state index contributed by atoms with van der Waals surface area (Å²) in [6, 6.07) is 12.9. The van der Waals surface area contributed by atoms with Crippen LogP contribution in [-0.2, 0) is 28.3 Å². The number of fused-ring (bicyclic) bond motifs is 2. The van der Waals surface area contributed by atoms with Crippen LogP contribution in [0.3, 0.4) is 0 Å². The summed E-state index contributed by atoms with van der Waals surface area (Å²) in [6.45, 7) is 2.90. The molecule has 0 aliphatic carbocycles. The van der Waals surface area contributed by atoms with Gasteiger partial charge in [-0.1, -0.05) is 29.4 Å². The van der Waals surface area contributed by atoms with Crippen molar-refractivity contribution in [3.8, 4) is 0 Å². The Bertz CT molecular complexity index is 1220. The Morgan fingerprint density at radius 1 is 1.03 bits per heavy atom. The molecular formula is C26H24F3N3O2. The molecule has 2 aliphatic heterocycles. The van der Waals surface area contributed by atoms with Crippen molar-refractivity contribution in [2.75, 3.05) is 20.2 Å². The molecule has 2 aliphatic rings. The number of oxime groups is 1. The number of aromatic nitrogens is 1. The van der Waals surface area contributed by atoms with E-state index in [1.54, 1.807) is 6.20 Å². The Morgan fingerprint density at radius 3 is 2.47 bits per heavy atom. The number of hydrogen-bond donors (Lipinski definition) is 0. The number of rotatable bonds is 5. The molecule has 0 unspecified atom stereocenters. The minimum atomic E-state index is -0.935. The Kier molecular flexibility index (Phi) is 6.10. The monoisotopic (exact) mass is 467 g/mol. The van der Waals surface area contributed by atoms with E-state index >= 15 is 0 Å². The van der Waals surface area contributed by atoms with Crippen LogP contribution in [-0.4, -0.2) is 35.8 Å². The number of hydrogen-bond acceptors (Lipinski definition) is 5. The lowest BCUT2D eigenvalue weighted by molar-refractivity contribution is -0.0800. The van der Waals surface area contributed by atoms with Gasteiger partial charge >= 0.3 is 0 Å². The van der Waals surface area contributed by atoms with Gasteiger partial charge in [-0.15, -0.1) is 0 Å². The molecular weight excluding hydrogens is 443 g/mol. The van der Waals surface area contributed by atoms with Gasteiger partial charge in [0, 0.05) is 42.5 Å². The van der Waals surface area contributed by atoms with E-state index in [4.69, 9.17) is 9.57 Å². The first-order valence-corrected chi connectivity index (χ1v) is 11.1. The second-order valence-electron chi connectivity index (χ2n) is 8.67. The van der Waals surface area contributed by atoms with Crippen LogP contribution < -0.4 is 0 Å². The van der Waals surface area contributed by atoms with E-state index in [0.717, 1.165) is 66.9 Å². The maximum absolute atomic E-state index is 13.7. The van der Waals surface area contributed by atoms with Crippen LogP contribution in [0.1, 0.15) is 40.7 Å². The van der Waals surface area contributed by atoms with Gasteiger partial charge in [0.05, 0.1) is 12.2 Å². The fourth-order valence-corrected chi connectivity index (χ4v) is 4.81. The highest BCUT2D eigenvalue weighted by Crippen LogP contribution is 2.44. The first-order chi connectivity index (χ1) is 16.5. The Labute approximate surface area is 195 Å². The SMILES string of the molecule is CO/N=C(\c1ccc(CN2CCC3(CC2)OCc2cc(F)ncc23)cc1)c1ccc(F)c(F)c1. The van der Waals surface area contributed by atoms with Gasteiger partial charge in [0.1, 0.15) is 12.8 Å². The van der Waals surface area contributed by atoms with E-state index in [2.05, 4.69) is 15.0 Å². The average molecular weight is 467 g/mol. The third-order valence-electron chi connectivity index (χ3n) is 6.62. The van der Waals surface area contributed by atoms with Gasteiger partial charge in [0.25, 0.3) is 0 Å². The Hall–Kier alpha value is -3.23. The van der Waals surface area contributed by atoms with Crippen molar-refractivity contribution < 1.29 is 22.7 Å². The smallest absolute Gasteiger partial charge is 0.213 e. The topological polar surface area (TPSA) is 47.0 Å². The molecule has 0 amide bonds. The fourth-order valence-electron chi connectivity index (χ4n) is 4.81. The van der Waals surface area contributed by atoms with Crippen LogP contribution in [0, 0.1) is 17.6 Å². The van der Waals surface area contributed by atoms with Gasteiger partial charge in [-0.25, -0.2) is 13.8 Å². The molecule has 5 nitrogen and oxygen atoms in total. The van der Waals surface area contributed by atoms with Gasteiger partial charge in [-0.05, 0) is 48.2 Å². The molecule has 0 N–H and O–H groups in total. The summed E-state index contributed by atoms with van der Waals surface area (Å²) < 4.78 is 46.6. The highest BCUT2D eigenvalue weighted by atomic mass is 19.2.